The summed E-state index contributed by atoms with van der Waals surface area (Å²) in [5.41, 5.74) is -0.0620. The number of hydrogen-bond acceptors (Lipinski definition) is 3. The summed E-state index contributed by atoms with van der Waals surface area (Å²) in [4.78, 5) is 24.6. The smallest absolute Gasteiger partial charge is 0.333 e. The van der Waals surface area contributed by atoms with Crippen molar-refractivity contribution in [1.29, 1.82) is 0 Å². The maximum Gasteiger partial charge on any atom is 0.333 e. The fraction of sp³-hybridized carbons (Fsp3) is 0.545. The highest BCUT2D eigenvalue weighted by Gasteiger charge is 2.20. The first-order valence-electron chi connectivity index (χ1n) is 5.97. The third-order valence-electron chi connectivity index (χ3n) is 2.88. The van der Waals surface area contributed by atoms with Crippen LogP contribution in [0.25, 0.3) is 0 Å². The molecule has 19 heavy (non-hydrogen) atoms. The van der Waals surface area contributed by atoms with Gasteiger partial charge in [0.25, 0.3) is 5.91 Å². The number of rotatable bonds is 5. The average Bonchev–Trinajstić information content (AvgIpc) is 2.98. The average molecular weight is 272 g/mol. The summed E-state index contributed by atoms with van der Waals surface area (Å²) in [5.74, 6) is -0.442. The van der Waals surface area contributed by atoms with Gasteiger partial charge in [-0.1, -0.05) is 0 Å². The minimum absolute atomic E-state index is 0.0620. The number of carbonyl (C=O) groups excluding carboxylic acids is 2. The van der Waals surface area contributed by atoms with Gasteiger partial charge in [0, 0.05) is 32.3 Å². The van der Waals surface area contributed by atoms with E-state index < -0.39 is 12.5 Å². The lowest BCUT2D eigenvalue weighted by atomic mass is 10.4. The molecule has 1 aliphatic rings. The van der Waals surface area contributed by atoms with Crippen LogP contribution in [0.15, 0.2) is 12.3 Å². The molecule has 0 unspecified atom stereocenters. The highest BCUT2D eigenvalue weighted by atomic mass is 19.3. The van der Waals surface area contributed by atoms with Crippen molar-refractivity contribution in [3.8, 4) is 0 Å². The van der Waals surface area contributed by atoms with E-state index in [2.05, 4.69) is 10.4 Å². The fourth-order valence-electron chi connectivity index (χ4n) is 1.90. The molecule has 0 saturated carbocycles. The van der Waals surface area contributed by atoms with Gasteiger partial charge in [0.05, 0.1) is 0 Å². The van der Waals surface area contributed by atoms with Crippen LogP contribution in [0.3, 0.4) is 0 Å². The summed E-state index contributed by atoms with van der Waals surface area (Å²) in [6, 6.07) is 1.22. The van der Waals surface area contributed by atoms with Crippen LogP contribution in [-0.2, 0) is 4.79 Å². The van der Waals surface area contributed by atoms with Crippen LogP contribution in [0, 0.1) is 0 Å². The van der Waals surface area contributed by atoms with Gasteiger partial charge in [0.2, 0.25) is 5.91 Å². The Bertz CT molecular complexity index is 475. The van der Waals surface area contributed by atoms with Crippen LogP contribution < -0.4 is 5.32 Å². The van der Waals surface area contributed by atoms with Gasteiger partial charge in [-0.3, -0.25) is 9.59 Å². The number of alkyl halides is 2. The van der Waals surface area contributed by atoms with Crippen molar-refractivity contribution in [2.24, 2.45) is 0 Å². The zero-order valence-corrected chi connectivity index (χ0v) is 10.2. The quantitative estimate of drug-likeness (QED) is 0.855. The molecule has 0 bridgehead atoms. The van der Waals surface area contributed by atoms with Crippen molar-refractivity contribution >= 4 is 11.8 Å². The normalized spacial score (nSPS) is 15.3. The Morgan fingerprint density at radius 1 is 1.53 bits per heavy atom. The summed E-state index contributed by atoms with van der Waals surface area (Å²) in [7, 11) is 0. The zero-order chi connectivity index (χ0) is 13.8. The summed E-state index contributed by atoms with van der Waals surface area (Å²) in [6.07, 6.45) is 2.43. The first-order valence-corrected chi connectivity index (χ1v) is 5.97. The molecule has 0 spiro atoms. The maximum atomic E-state index is 12.3. The van der Waals surface area contributed by atoms with Crippen molar-refractivity contribution in [2.75, 3.05) is 19.6 Å². The van der Waals surface area contributed by atoms with Crippen LogP contribution in [0.2, 0.25) is 0 Å². The minimum Gasteiger partial charge on any atom is -0.349 e. The molecule has 104 valence electrons. The number of halogens is 2. The third-order valence-corrected chi connectivity index (χ3v) is 2.88. The van der Waals surface area contributed by atoms with Crippen LogP contribution in [-0.4, -0.2) is 46.1 Å². The van der Waals surface area contributed by atoms with Crippen molar-refractivity contribution in [2.45, 2.75) is 19.4 Å². The Morgan fingerprint density at radius 3 is 2.89 bits per heavy atom. The number of likely N-dealkylation sites (tertiary alicyclic amines) is 1. The molecule has 1 aromatic heterocycles. The van der Waals surface area contributed by atoms with Gasteiger partial charge in [-0.15, -0.1) is 0 Å². The second-order valence-corrected chi connectivity index (χ2v) is 4.20. The monoisotopic (exact) mass is 272 g/mol. The Kier molecular flexibility index (Phi) is 4.08. The fourth-order valence-corrected chi connectivity index (χ4v) is 1.90. The number of amides is 2. The first-order chi connectivity index (χ1) is 9.08. The van der Waals surface area contributed by atoms with Crippen molar-refractivity contribution in [3.63, 3.8) is 0 Å². The van der Waals surface area contributed by atoms with E-state index in [0.29, 0.717) is 24.2 Å². The van der Waals surface area contributed by atoms with Gasteiger partial charge in [0.1, 0.15) is 5.69 Å². The molecule has 1 saturated heterocycles. The molecule has 0 atom stereocenters. The number of hydrogen-bond donors (Lipinski definition) is 1. The van der Waals surface area contributed by atoms with Gasteiger partial charge < -0.3 is 10.2 Å². The molecule has 8 heteroatoms. The van der Waals surface area contributed by atoms with Crippen molar-refractivity contribution < 1.29 is 18.4 Å². The van der Waals surface area contributed by atoms with Gasteiger partial charge >= 0.3 is 6.55 Å². The predicted molar refractivity (Wildman–Crippen MR) is 61.6 cm³/mol. The van der Waals surface area contributed by atoms with Gasteiger partial charge in [0.15, 0.2) is 0 Å². The Labute approximate surface area is 108 Å². The predicted octanol–water partition coefficient (Wildman–Crippen LogP) is 0.630. The van der Waals surface area contributed by atoms with E-state index in [4.69, 9.17) is 0 Å². The van der Waals surface area contributed by atoms with E-state index in [1.807, 2.05) is 0 Å². The zero-order valence-electron chi connectivity index (χ0n) is 10.2. The Morgan fingerprint density at radius 2 is 2.32 bits per heavy atom. The standard InChI is InChI=1S/C11H14F2N4O2/c12-11(13)17-6-3-8(15-17)10(19)14-4-7-16-5-1-2-9(16)18/h3,6,11H,1-2,4-5,7H2,(H,14,19). The molecule has 2 rings (SSSR count). The van der Waals surface area contributed by atoms with Crippen LogP contribution in [0.1, 0.15) is 29.9 Å². The summed E-state index contributed by atoms with van der Waals surface area (Å²) in [6.45, 7) is -1.34. The van der Waals surface area contributed by atoms with Crippen LogP contribution in [0.5, 0.6) is 0 Å². The van der Waals surface area contributed by atoms with Gasteiger partial charge in [-0.05, 0) is 12.5 Å². The number of aromatic nitrogens is 2. The molecular formula is C11H14F2N4O2. The van der Waals surface area contributed by atoms with Gasteiger partial charge in [-0.2, -0.15) is 13.9 Å². The molecule has 0 aliphatic carbocycles. The SMILES string of the molecule is O=C(NCCN1CCCC1=O)c1ccn(C(F)F)n1. The second-order valence-electron chi connectivity index (χ2n) is 4.20. The molecule has 1 aromatic rings. The summed E-state index contributed by atoms with van der Waals surface area (Å²) < 4.78 is 25.0. The molecule has 1 N–H and O–H groups in total. The lowest BCUT2D eigenvalue weighted by Crippen LogP contribution is -2.35. The summed E-state index contributed by atoms with van der Waals surface area (Å²) >= 11 is 0. The number of nitrogens with one attached hydrogen (secondary N) is 1. The molecule has 1 aliphatic heterocycles. The van der Waals surface area contributed by atoms with E-state index in [9.17, 15) is 18.4 Å². The first kappa shape index (κ1) is 13.4. The molecule has 0 aromatic carbocycles. The largest absolute Gasteiger partial charge is 0.349 e. The maximum absolute atomic E-state index is 12.3. The van der Waals surface area contributed by atoms with Crippen LogP contribution in [0.4, 0.5) is 8.78 Å². The van der Waals surface area contributed by atoms with E-state index in [1.54, 1.807) is 4.90 Å². The molecule has 0 radical (unpaired) electrons. The van der Waals surface area contributed by atoms with E-state index in [1.165, 1.54) is 6.07 Å². The van der Waals surface area contributed by atoms with Gasteiger partial charge in [-0.25, -0.2) is 4.68 Å². The van der Waals surface area contributed by atoms with E-state index in [-0.39, 0.29) is 18.1 Å². The topological polar surface area (TPSA) is 67.2 Å². The van der Waals surface area contributed by atoms with Crippen molar-refractivity contribution in [3.05, 3.63) is 18.0 Å². The minimum atomic E-state index is -2.76. The van der Waals surface area contributed by atoms with Crippen LogP contribution >= 0.6 is 0 Å². The molecule has 2 heterocycles. The third kappa shape index (κ3) is 3.27. The van der Waals surface area contributed by atoms with E-state index in [0.717, 1.165) is 12.6 Å². The highest BCUT2D eigenvalue weighted by molar-refractivity contribution is 5.92. The lowest BCUT2D eigenvalue weighted by Gasteiger charge is -2.15. The molecule has 2 amide bonds. The number of nitrogens with zero attached hydrogens (tertiary/aromatic N) is 3. The highest BCUT2D eigenvalue weighted by Crippen LogP contribution is 2.09. The Balaban J connectivity index is 1.79. The molecule has 6 nitrogen and oxygen atoms in total. The van der Waals surface area contributed by atoms with Crippen molar-refractivity contribution in [1.82, 2.24) is 20.0 Å². The number of carbonyl (C=O) groups is 2. The molecular weight excluding hydrogens is 258 g/mol. The summed E-state index contributed by atoms with van der Waals surface area (Å²) in [5, 5.41) is 5.99. The molecule has 1 fully saturated rings. The van der Waals surface area contributed by atoms with E-state index >= 15 is 0 Å². The Hall–Kier alpha value is -1.99. The lowest BCUT2D eigenvalue weighted by molar-refractivity contribution is -0.127. The second kappa shape index (κ2) is 5.77.